The molecule has 8 heteroatoms. The zero-order chi connectivity index (χ0) is 21.0. The highest BCUT2D eigenvalue weighted by molar-refractivity contribution is 7.91. The molecule has 1 aliphatic rings. The molecule has 0 saturated heterocycles. The molecule has 158 valence electrons. The number of ether oxygens (including phenoxy) is 1. The number of hydrogen-bond acceptors (Lipinski definition) is 5. The van der Waals surface area contributed by atoms with E-state index in [-0.39, 0.29) is 11.9 Å². The predicted octanol–water partition coefficient (Wildman–Crippen LogP) is 3.42. The van der Waals surface area contributed by atoms with Gasteiger partial charge in [-0.05, 0) is 61.9 Å². The Kier molecular flexibility index (Phi) is 6.97. The van der Waals surface area contributed by atoms with Crippen LogP contribution >= 0.6 is 11.3 Å². The number of hydrogen-bond donors (Lipinski definition) is 1. The molecule has 2 aromatic rings. The van der Waals surface area contributed by atoms with Crippen LogP contribution in [0.3, 0.4) is 0 Å². The van der Waals surface area contributed by atoms with Gasteiger partial charge < -0.3 is 10.1 Å². The SMILES string of the molecule is COc1ccc(CN(C(C)C2CC2)S(=O)(=O)c2ccc(CCNC(C)=O)s2)cc1. The lowest BCUT2D eigenvalue weighted by molar-refractivity contribution is -0.118. The van der Waals surface area contributed by atoms with Gasteiger partial charge in [-0.15, -0.1) is 11.3 Å². The summed E-state index contributed by atoms with van der Waals surface area (Å²) in [5.41, 5.74) is 0.935. The van der Waals surface area contributed by atoms with E-state index in [4.69, 9.17) is 4.74 Å². The number of methoxy groups -OCH3 is 1. The summed E-state index contributed by atoms with van der Waals surface area (Å²) in [5, 5.41) is 2.75. The van der Waals surface area contributed by atoms with Gasteiger partial charge in [-0.2, -0.15) is 4.31 Å². The van der Waals surface area contributed by atoms with Gasteiger partial charge in [0.2, 0.25) is 5.91 Å². The molecular formula is C21H28N2O4S2. The molecule has 1 aromatic heterocycles. The monoisotopic (exact) mass is 436 g/mol. The number of rotatable bonds is 10. The summed E-state index contributed by atoms with van der Waals surface area (Å²) in [5.74, 6) is 1.08. The Bertz CT molecular complexity index is 934. The molecule has 29 heavy (non-hydrogen) atoms. The third-order valence-electron chi connectivity index (χ3n) is 5.20. The highest BCUT2D eigenvalue weighted by atomic mass is 32.2. The molecule has 0 bridgehead atoms. The van der Waals surface area contributed by atoms with Gasteiger partial charge in [0.05, 0.1) is 7.11 Å². The van der Waals surface area contributed by atoms with Crippen molar-refractivity contribution in [1.29, 1.82) is 0 Å². The number of nitrogens with zero attached hydrogens (tertiary/aromatic N) is 1. The summed E-state index contributed by atoms with van der Waals surface area (Å²) in [6.45, 7) is 4.32. The van der Waals surface area contributed by atoms with Gasteiger partial charge in [-0.3, -0.25) is 4.79 Å². The minimum absolute atomic E-state index is 0.0490. The maximum Gasteiger partial charge on any atom is 0.253 e. The summed E-state index contributed by atoms with van der Waals surface area (Å²) in [6, 6.07) is 11.0. The van der Waals surface area contributed by atoms with Gasteiger partial charge in [-0.1, -0.05) is 12.1 Å². The van der Waals surface area contributed by atoms with Crippen molar-refractivity contribution in [2.45, 2.75) is 49.9 Å². The normalized spacial score (nSPS) is 15.3. The van der Waals surface area contributed by atoms with Gasteiger partial charge in [0.1, 0.15) is 9.96 Å². The highest BCUT2D eigenvalue weighted by Crippen LogP contribution is 2.38. The molecule has 1 saturated carbocycles. The predicted molar refractivity (Wildman–Crippen MR) is 115 cm³/mol. The number of carbonyl (C=O) groups is 1. The van der Waals surface area contributed by atoms with Crippen LogP contribution in [0.5, 0.6) is 5.75 Å². The van der Waals surface area contributed by atoms with Crippen molar-refractivity contribution in [3.8, 4) is 5.75 Å². The number of thiophene rings is 1. The lowest BCUT2D eigenvalue weighted by Crippen LogP contribution is -2.39. The summed E-state index contributed by atoms with van der Waals surface area (Å²) >= 11 is 1.29. The number of benzene rings is 1. The smallest absolute Gasteiger partial charge is 0.253 e. The van der Waals surface area contributed by atoms with Gasteiger partial charge in [-0.25, -0.2) is 8.42 Å². The zero-order valence-electron chi connectivity index (χ0n) is 17.1. The Morgan fingerprint density at radius 3 is 2.52 bits per heavy atom. The molecule has 0 spiro atoms. The Morgan fingerprint density at radius 1 is 1.24 bits per heavy atom. The van der Waals surface area contributed by atoms with Crippen molar-refractivity contribution in [2.24, 2.45) is 5.92 Å². The summed E-state index contributed by atoms with van der Waals surface area (Å²) in [7, 11) is -1.99. The standard InChI is InChI=1S/C21H28N2O4S2/c1-15(18-6-7-18)23(14-17-4-8-19(27-3)9-5-17)29(25,26)21-11-10-20(28-21)12-13-22-16(2)24/h4-5,8-11,15,18H,6-7,12-14H2,1-3H3,(H,22,24). The van der Waals surface area contributed by atoms with Gasteiger partial charge >= 0.3 is 0 Å². The molecule has 6 nitrogen and oxygen atoms in total. The molecule has 1 heterocycles. The van der Waals surface area contributed by atoms with Crippen LogP contribution in [0, 0.1) is 5.92 Å². The van der Waals surface area contributed by atoms with Crippen LogP contribution in [0.15, 0.2) is 40.6 Å². The molecule has 0 aliphatic heterocycles. The first-order chi connectivity index (χ1) is 13.8. The number of sulfonamides is 1. The van der Waals surface area contributed by atoms with E-state index in [0.717, 1.165) is 29.0 Å². The molecule has 1 unspecified atom stereocenters. The molecule has 1 fully saturated rings. The van der Waals surface area contributed by atoms with E-state index in [1.54, 1.807) is 17.5 Å². The second-order valence-electron chi connectivity index (χ2n) is 7.43. The third-order valence-corrected chi connectivity index (χ3v) is 8.75. The first-order valence-electron chi connectivity index (χ1n) is 9.79. The Labute approximate surface area is 176 Å². The summed E-state index contributed by atoms with van der Waals surface area (Å²) < 4.78 is 34.1. The van der Waals surface area contributed by atoms with Crippen molar-refractivity contribution in [3.05, 3.63) is 46.8 Å². The van der Waals surface area contributed by atoms with Crippen molar-refractivity contribution in [1.82, 2.24) is 9.62 Å². The average molecular weight is 437 g/mol. The van der Waals surface area contributed by atoms with Crippen molar-refractivity contribution in [3.63, 3.8) is 0 Å². The fraction of sp³-hybridized carbons (Fsp3) is 0.476. The van der Waals surface area contributed by atoms with E-state index in [9.17, 15) is 13.2 Å². The van der Waals surface area contributed by atoms with Crippen LogP contribution in [0.25, 0.3) is 0 Å². The fourth-order valence-electron chi connectivity index (χ4n) is 3.28. The molecule has 0 radical (unpaired) electrons. The van der Waals surface area contributed by atoms with Crippen molar-refractivity contribution >= 4 is 27.3 Å². The molecular weight excluding hydrogens is 408 g/mol. The van der Waals surface area contributed by atoms with Crippen LogP contribution in [0.4, 0.5) is 0 Å². The van der Waals surface area contributed by atoms with Gasteiger partial charge in [0.15, 0.2) is 0 Å². The molecule has 1 N–H and O–H groups in total. The van der Waals surface area contributed by atoms with E-state index >= 15 is 0 Å². The van der Waals surface area contributed by atoms with E-state index in [2.05, 4.69) is 5.32 Å². The molecule has 1 aliphatic carbocycles. The maximum atomic E-state index is 13.5. The van der Waals surface area contributed by atoms with Crippen LogP contribution in [0.1, 0.15) is 37.1 Å². The van der Waals surface area contributed by atoms with Crippen molar-refractivity contribution in [2.75, 3.05) is 13.7 Å². The maximum absolute atomic E-state index is 13.5. The molecule has 3 rings (SSSR count). The minimum Gasteiger partial charge on any atom is -0.497 e. The second-order valence-corrected chi connectivity index (χ2v) is 10.7. The third kappa shape index (κ3) is 5.58. The lowest BCUT2D eigenvalue weighted by Gasteiger charge is -2.28. The van der Waals surface area contributed by atoms with E-state index in [1.807, 2.05) is 37.3 Å². The number of amides is 1. The summed E-state index contributed by atoms with van der Waals surface area (Å²) in [6.07, 6.45) is 2.76. The summed E-state index contributed by atoms with van der Waals surface area (Å²) in [4.78, 5) is 12.0. The van der Waals surface area contributed by atoms with E-state index < -0.39 is 10.0 Å². The van der Waals surface area contributed by atoms with Crippen LogP contribution in [-0.2, 0) is 27.8 Å². The second kappa shape index (κ2) is 9.28. The quantitative estimate of drug-likeness (QED) is 0.619. The molecule has 1 aromatic carbocycles. The van der Waals surface area contributed by atoms with Crippen molar-refractivity contribution < 1.29 is 17.9 Å². The number of nitrogens with one attached hydrogen (secondary N) is 1. The Balaban J connectivity index is 1.80. The average Bonchev–Trinajstić information content (AvgIpc) is 3.43. The Hall–Kier alpha value is -1.90. The zero-order valence-corrected chi connectivity index (χ0v) is 18.7. The van der Waals surface area contributed by atoms with Crippen LogP contribution < -0.4 is 10.1 Å². The topological polar surface area (TPSA) is 75.7 Å². The Morgan fingerprint density at radius 2 is 1.93 bits per heavy atom. The minimum atomic E-state index is -3.61. The molecule has 1 atom stereocenters. The van der Waals surface area contributed by atoms with Crippen LogP contribution in [-0.4, -0.2) is 38.3 Å². The first-order valence-corrected chi connectivity index (χ1v) is 12.0. The van der Waals surface area contributed by atoms with E-state index in [0.29, 0.717) is 29.6 Å². The highest BCUT2D eigenvalue weighted by Gasteiger charge is 2.38. The molecule has 1 amide bonds. The first kappa shape index (κ1) is 21.8. The number of carbonyl (C=O) groups excluding carboxylic acids is 1. The van der Waals surface area contributed by atoms with Gasteiger partial charge in [0, 0.05) is 30.9 Å². The fourth-order valence-corrected chi connectivity index (χ4v) is 6.45. The van der Waals surface area contributed by atoms with E-state index in [1.165, 1.54) is 18.3 Å². The van der Waals surface area contributed by atoms with Crippen LogP contribution in [0.2, 0.25) is 0 Å². The largest absolute Gasteiger partial charge is 0.497 e. The van der Waals surface area contributed by atoms with Gasteiger partial charge in [0.25, 0.3) is 10.0 Å². The lowest BCUT2D eigenvalue weighted by atomic mass is 10.1.